The second-order valence-electron chi connectivity index (χ2n) is 4.92. The predicted molar refractivity (Wildman–Crippen MR) is 82.9 cm³/mol. The van der Waals surface area contributed by atoms with E-state index in [1.807, 2.05) is 19.1 Å². The molecule has 0 spiro atoms. The molecule has 1 saturated heterocycles. The number of nitrogens with zero attached hydrogens (tertiary/aromatic N) is 2. The zero-order valence-electron chi connectivity index (χ0n) is 11.6. The highest BCUT2D eigenvalue weighted by molar-refractivity contribution is 6.31. The summed E-state index contributed by atoms with van der Waals surface area (Å²) in [7, 11) is 0. The van der Waals surface area contributed by atoms with Crippen molar-refractivity contribution in [1.82, 2.24) is 10.3 Å². The van der Waals surface area contributed by atoms with E-state index in [0.717, 1.165) is 55.9 Å². The number of benzene rings is 1. The zero-order chi connectivity index (χ0) is 13.9. The molecule has 1 aromatic heterocycles. The standard InChI is InChI=1S/C14H19ClN4O/c1-2-17-11-8-10(15)9-12-13(11)20-14(18-12)19-6-3-4-16-5-7-19/h8-9,16-17H,2-7H2,1H3. The van der Waals surface area contributed by atoms with Crippen LogP contribution in [0.25, 0.3) is 11.1 Å². The van der Waals surface area contributed by atoms with Crippen LogP contribution in [0.15, 0.2) is 16.5 Å². The first-order chi connectivity index (χ1) is 9.78. The minimum Gasteiger partial charge on any atom is -0.421 e. The van der Waals surface area contributed by atoms with E-state index >= 15 is 0 Å². The minimum atomic E-state index is 0.672. The first-order valence-corrected chi connectivity index (χ1v) is 7.45. The number of fused-ring (bicyclic) bond motifs is 1. The van der Waals surface area contributed by atoms with E-state index in [4.69, 9.17) is 16.0 Å². The molecule has 20 heavy (non-hydrogen) atoms. The van der Waals surface area contributed by atoms with Crippen LogP contribution >= 0.6 is 11.6 Å². The summed E-state index contributed by atoms with van der Waals surface area (Å²) < 4.78 is 5.97. The normalized spacial score (nSPS) is 16.4. The molecule has 2 aromatic rings. The van der Waals surface area contributed by atoms with Crippen molar-refractivity contribution < 1.29 is 4.42 Å². The number of hydrogen-bond donors (Lipinski definition) is 2. The van der Waals surface area contributed by atoms with Crippen molar-refractivity contribution in [2.24, 2.45) is 0 Å². The molecule has 1 fully saturated rings. The Morgan fingerprint density at radius 3 is 3.15 bits per heavy atom. The van der Waals surface area contributed by atoms with Gasteiger partial charge < -0.3 is 20.0 Å². The highest BCUT2D eigenvalue weighted by Gasteiger charge is 2.17. The monoisotopic (exact) mass is 294 g/mol. The van der Waals surface area contributed by atoms with Crippen LogP contribution in [0.2, 0.25) is 5.02 Å². The fourth-order valence-corrected chi connectivity index (χ4v) is 2.69. The molecule has 0 amide bonds. The molecule has 2 heterocycles. The Balaban J connectivity index is 1.98. The summed E-state index contributed by atoms with van der Waals surface area (Å²) in [5.41, 5.74) is 2.49. The SMILES string of the molecule is CCNc1cc(Cl)cc2nc(N3CCCNCC3)oc12. The van der Waals surface area contributed by atoms with Crippen molar-refractivity contribution in [3.8, 4) is 0 Å². The number of hydrogen-bond acceptors (Lipinski definition) is 5. The van der Waals surface area contributed by atoms with Crippen LogP contribution in [0.5, 0.6) is 0 Å². The van der Waals surface area contributed by atoms with Gasteiger partial charge in [-0.1, -0.05) is 11.6 Å². The lowest BCUT2D eigenvalue weighted by atomic mass is 10.3. The van der Waals surface area contributed by atoms with Crippen LogP contribution < -0.4 is 15.5 Å². The van der Waals surface area contributed by atoms with Gasteiger partial charge in [-0.3, -0.25) is 0 Å². The summed E-state index contributed by atoms with van der Waals surface area (Å²) in [6.45, 7) is 6.75. The maximum absolute atomic E-state index is 6.14. The molecule has 2 N–H and O–H groups in total. The molecule has 3 rings (SSSR count). The summed E-state index contributed by atoms with van der Waals surface area (Å²) >= 11 is 6.14. The van der Waals surface area contributed by atoms with E-state index in [9.17, 15) is 0 Å². The van der Waals surface area contributed by atoms with Crippen LogP contribution in [0.3, 0.4) is 0 Å². The molecule has 0 radical (unpaired) electrons. The number of anilines is 2. The quantitative estimate of drug-likeness (QED) is 0.911. The fraction of sp³-hybridized carbons (Fsp3) is 0.500. The summed E-state index contributed by atoms with van der Waals surface area (Å²) in [5, 5.41) is 7.32. The number of nitrogens with one attached hydrogen (secondary N) is 2. The smallest absolute Gasteiger partial charge is 0.298 e. The van der Waals surface area contributed by atoms with Crippen molar-refractivity contribution in [3.63, 3.8) is 0 Å². The van der Waals surface area contributed by atoms with Gasteiger partial charge in [-0.05, 0) is 32.0 Å². The number of aromatic nitrogens is 1. The topological polar surface area (TPSA) is 53.3 Å². The third-order valence-electron chi connectivity index (χ3n) is 3.42. The summed E-state index contributed by atoms with van der Waals surface area (Å²) in [6.07, 6.45) is 1.10. The van der Waals surface area contributed by atoms with Crippen LogP contribution in [-0.4, -0.2) is 37.7 Å². The van der Waals surface area contributed by atoms with Gasteiger partial charge in [0.05, 0.1) is 5.69 Å². The number of halogens is 1. The van der Waals surface area contributed by atoms with E-state index in [2.05, 4.69) is 20.5 Å². The third-order valence-corrected chi connectivity index (χ3v) is 3.64. The van der Waals surface area contributed by atoms with Crippen LogP contribution in [-0.2, 0) is 0 Å². The van der Waals surface area contributed by atoms with Crippen LogP contribution in [0.4, 0.5) is 11.7 Å². The van der Waals surface area contributed by atoms with E-state index in [1.165, 1.54) is 0 Å². The molecule has 0 saturated carbocycles. The highest BCUT2D eigenvalue weighted by atomic mass is 35.5. The molecule has 1 aliphatic heterocycles. The molecule has 5 nitrogen and oxygen atoms in total. The lowest BCUT2D eigenvalue weighted by molar-refractivity contribution is 0.571. The van der Waals surface area contributed by atoms with Gasteiger partial charge in [0, 0.05) is 31.2 Å². The fourth-order valence-electron chi connectivity index (χ4n) is 2.48. The summed E-state index contributed by atoms with van der Waals surface area (Å²) in [6, 6.07) is 4.41. The first-order valence-electron chi connectivity index (χ1n) is 7.07. The maximum Gasteiger partial charge on any atom is 0.298 e. The third kappa shape index (κ3) is 2.69. The largest absolute Gasteiger partial charge is 0.421 e. The van der Waals surface area contributed by atoms with Crippen molar-refractivity contribution in [2.45, 2.75) is 13.3 Å². The van der Waals surface area contributed by atoms with Crippen LogP contribution in [0, 0.1) is 0 Å². The predicted octanol–water partition coefficient (Wildman–Crippen LogP) is 2.71. The minimum absolute atomic E-state index is 0.672. The van der Waals surface area contributed by atoms with E-state index in [-0.39, 0.29) is 0 Å². The van der Waals surface area contributed by atoms with Crippen molar-refractivity contribution >= 4 is 34.4 Å². The molecule has 1 aromatic carbocycles. The molecule has 0 atom stereocenters. The molecular weight excluding hydrogens is 276 g/mol. The molecular formula is C14H19ClN4O. The van der Waals surface area contributed by atoms with Crippen LogP contribution in [0.1, 0.15) is 13.3 Å². The molecule has 0 aliphatic carbocycles. The molecule has 6 heteroatoms. The van der Waals surface area contributed by atoms with Gasteiger partial charge in [-0.15, -0.1) is 0 Å². The number of rotatable bonds is 3. The van der Waals surface area contributed by atoms with Gasteiger partial charge in [0.15, 0.2) is 5.58 Å². The Bertz CT molecular complexity index is 590. The summed E-state index contributed by atoms with van der Waals surface area (Å²) in [5.74, 6) is 0. The Morgan fingerprint density at radius 2 is 2.30 bits per heavy atom. The van der Waals surface area contributed by atoms with Gasteiger partial charge in [0.1, 0.15) is 5.52 Å². The van der Waals surface area contributed by atoms with E-state index in [1.54, 1.807) is 0 Å². The second kappa shape index (κ2) is 5.89. The first kappa shape index (κ1) is 13.5. The zero-order valence-corrected chi connectivity index (χ0v) is 12.3. The highest BCUT2D eigenvalue weighted by Crippen LogP contribution is 2.31. The average molecular weight is 295 g/mol. The van der Waals surface area contributed by atoms with Gasteiger partial charge in [0.2, 0.25) is 0 Å². The average Bonchev–Trinajstić information content (AvgIpc) is 2.67. The maximum atomic E-state index is 6.14. The van der Waals surface area contributed by atoms with Crippen molar-refractivity contribution in [3.05, 3.63) is 17.2 Å². The van der Waals surface area contributed by atoms with E-state index in [0.29, 0.717) is 11.0 Å². The molecule has 108 valence electrons. The summed E-state index contributed by atoms with van der Waals surface area (Å²) in [4.78, 5) is 6.77. The van der Waals surface area contributed by atoms with Gasteiger partial charge in [0.25, 0.3) is 6.01 Å². The van der Waals surface area contributed by atoms with Gasteiger partial charge in [-0.2, -0.15) is 4.98 Å². The van der Waals surface area contributed by atoms with Gasteiger partial charge in [-0.25, -0.2) is 0 Å². The Labute approximate surface area is 123 Å². The number of oxazole rings is 1. The Morgan fingerprint density at radius 1 is 1.40 bits per heavy atom. The van der Waals surface area contributed by atoms with E-state index < -0.39 is 0 Å². The lowest BCUT2D eigenvalue weighted by Crippen LogP contribution is -2.27. The Kier molecular flexibility index (Phi) is 3.98. The molecule has 0 unspecified atom stereocenters. The van der Waals surface area contributed by atoms with Crippen molar-refractivity contribution in [2.75, 3.05) is 42.9 Å². The lowest BCUT2D eigenvalue weighted by Gasteiger charge is -2.16. The second-order valence-corrected chi connectivity index (χ2v) is 5.36. The molecule has 0 bridgehead atoms. The van der Waals surface area contributed by atoms with Crippen molar-refractivity contribution in [1.29, 1.82) is 0 Å². The molecule has 1 aliphatic rings. The Hall–Kier alpha value is -1.46. The van der Waals surface area contributed by atoms with Gasteiger partial charge >= 0.3 is 0 Å².